The molecule has 0 bridgehead atoms. The molecule has 110 valence electrons. The maximum atomic E-state index is 11.6. The first-order chi connectivity index (χ1) is 9.52. The highest BCUT2D eigenvalue weighted by molar-refractivity contribution is 6.30. The molecule has 0 atom stereocenters. The molecule has 0 heterocycles. The largest absolute Gasteiger partial charge is 0.483 e. The molecule has 20 heavy (non-hydrogen) atoms. The minimum atomic E-state index is -0.268. The Morgan fingerprint density at radius 3 is 2.85 bits per heavy atom. The lowest BCUT2D eigenvalue weighted by molar-refractivity contribution is -0.123. The van der Waals surface area contributed by atoms with Crippen molar-refractivity contribution in [1.29, 1.82) is 0 Å². The number of carbonyl (C=O) groups is 1. The third-order valence-electron chi connectivity index (χ3n) is 2.76. The highest BCUT2D eigenvalue weighted by atomic mass is 35.5. The van der Waals surface area contributed by atoms with Gasteiger partial charge in [-0.25, -0.2) is 5.43 Å². The summed E-state index contributed by atoms with van der Waals surface area (Å²) in [6.07, 6.45) is 3.08. The number of halogens is 1. The number of carbonyl (C=O) groups excluding carboxylic acids is 1. The fourth-order valence-corrected chi connectivity index (χ4v) is 1.82. The second-order valence-electron chi connectivity index (χ2n) is 4.68. The molecule has 1 amide bonds. The summed E-state index contributed by atoms with van der Waals surface area (Å²) in [6, 6.07) is 5.28. The molecule has 1 aromatic rings. The van der Waals surface area contributed by atoms with Gasteiger partial charge in [-0.15, -0.1) is 0 Å². The normalized spacial score (nSPS) is 11.3. The Kier molecular flexibility index (Phi) is 7.09. The van der Waals surface area contributed by atoms with Crippen LogP contribution in [-0.4, -0.2) is 18.2 Å². The van der Waals surface area contributed by atoms with Crippen molar-refractivity contribution >= 4 is 23.2 Å². The van der Waals surface area contributed by atoms with Crippen molar-refractivity contribution in [1.82, 2.24) is 5.43 Å². The summed E-state index contributed by atoms with van der Waals surface area (Å²) in [4.78, 5) is 11.6. The number of unbranched alkanes of at least 4 members (excludes halogenated alkanes) is 1. The average molecular weight is 297 g/mol. The van der Waals surface area contributed by atoms with Gasteiger partial charge in [-0.1, -0.05) is 24.9 Å². The number of hydrazone groups is 1. The monoisotopic (exact) mass is 296 g/mol. The van der Waals surface area contributed by atoms with Gasteiger partial charge in [0.05, 0.1) is 0 Å². The first-order valence-electron chi connectivity index (χ1n) is 6.74. The summed E-state index contributed by atoms with van der Waals surface area (Å²) in [5.41, 5.74) is 4.31. The zero-order chi connectivity index (χ0) is 15.0. The van der Waals surface area contributed by atoms with E-state index in [1.54, 1.807) is 18.2 Å². The number of hydrogen-bond acceptors (Lipinski definition) is 3. The summed E-state index contributed by atoms with van der Waals surface area (Å²) in [7, 11) is 0. The van der Waals surface area contributed by atoms with Crippen LogP contribution in [0.5, 0.6) is 5.75 Å². The van der Waals surface area contributed by atoms with Gasteiger partial charge in [0.1, 0.15) is 5.75 Å². The SMILES string of the molecule is CCCCC(C)=NNC(=O)COc1ccc(Cl)cc1C. The van der Waals surface area contributed by atoms with Gasteiger partial charge in [0.2, 0.25) is 0 Å². The fourth-order valence-electron chi connectivity index (χ4n) is 1.60. The van der Waals surface area contributed by atoms with Crippen molar-refractivity contribution in [3.8, 4) is 5.75 Å². The third kappa shape index (κ3) is 6.06. The van der Waals surface area contributed by atoms with Crippen LogP contribution in [0.2, 0.25) is 5.02 Å². The van der Waals surface area contributed by atoms with Crippen molar-refractivity contribution in [2.75, 3.05) is 6.61 Å². The van der Waals surface area contributed by atoms with Crippen LogP contribution >= 0.6 is 11.6 Å². The summed E-state index contributed by atoms with van der Waals surface area (Å²) in [5.74, 6) is 0.381. The van der Waals surface area contributed by atoms with Crippen molar-refractivity contribution in [3.05, 3.63) is 28.8 Å². The Labute approximate surface area is 125 Å². The van der Waals surface area contributed by atoms with Gasteiger partial charge >= 0.3 is 0 Å². The Morgan fingerprint density at radius 1 is 1.45 bits per heavy atom. The van der Waals surface area contributed by atoms with E-state index in [0.29, 0.717) is 10.8 Å². The molecule has 0 saturated heterocycles. The highest BCUT2D eigenvalue weighted by Crippen LogP contribution is 2.21. The average Bonchev–Trinajstić information content (AvgIpc) is 2.41. The number of ether oxygens (including phenoxy) is 1. The zero-order valence-corrected chi connectivity index (χ0v) is 13.0. The van der Waals surface area contributed by atoms with Gasteiger partial charge in [0.15, 0.2) is 6.61 Å². The number of nitrogens with zero attached hydrogens (tertiary/aromatic N) is 1. The Bertz CT molecular complexity index is 487. The van der Waals surface area contributed by atoms with Gasteiger partial charge in [0.25, 0.3) is 5.91 Å². The number of amides is 1. The predicted octanol–water partition coefficient (Wildman–Crippen LogP) is 3.71. The van der Waals surface area contributed by atoms with Crippen LogP contribution in [0.3, 0.4) is 0 Å². The van der Waals surface area contributed by atoms with Crippen LogP contribution in [0.25, 0.3) is 0 Å². The number of nitrogens with one attached hydrogen (secondary N) is 1. The van der Waals surface area contributed by atoms with Crippen LogP contribution < -0.4 is 10.2 Å². The lowest BCUT2D eigenvalue weighted by Gasteiger charge is -2.08. The Balaban J connectivity index is 2.39. The molecule has 0 unspecified atom stereocenters. The lowest BCUT2D eigenvalue weighted by Crippen LogP contribution is -2.25. The summed E-state index contributed by atoms with van der Waals surface area (Å²) in [5, 5.41) is 4.67. The minimum Gasteiger partial charge on any atom is -0.483 e. The summed E-state index contributed by atoms with van der Waals surface area (Å²) >= 11 is 5.85. The minimum absolute atomic E-state index is 0.0625. The molecule has 5 heteroatoms. The highest BCUT2D eigenvalue weighted by Gasteiger charge is 2.04. The molecular weight excluding hydrogens is 276 g/mol. The van der Waals surface area contributed by atoms with Gasteiger partial charge in [-0.05, 0) is 50.5 Å². The standard InChI is InChI=1S/C15H21ClN2O2/c1-4-5-6-12(3)17-18-15(19)10-20-14-8-7-13(16)9-11(14)2/h7-9H,4-6,10H2,1-3H3,(H,18,19). The van der Waals surface area contributed by atoms with E-state index in [2.05, 4.69) is 17.5 Å². The molecule has 0 aliphatic heterocycles. The molecule has 4 nitrogen and oxygen atoms in total. The molecule has 1 N–H and O–H groups in total. The fraction of sp³-hybridized carbons (Fsp3) is 0.467. The summed E-state index contributed by atoms with van der Waals surface area (Å²) in [6.45, 7) is 5.84. The van der Waals surface area contributed by atoms with E-state index < -0.39 is 0 Å². The molecule has 0 saturated carbocycles. The smallest absolute Gasteiger partial charge is 0.277 e. The van der Waals surface area contributed by atoms with Crippen LogP contribution in [0.4, 0.5) is 0 Å². The molecule has 1 rings (SSSR count). The van der Waals surface area contributed by atoms with E-state index in [4.69, 9.17) is 16.3 Å². The number of benzene rings is 1. The van der Waals surface area contributed by atoms with Gasteiger partial charge < -0.3 is 4.74 Å². The molecule has 0 aliphatic rings. The molecular formula is C15H21ClN2O2. The molecule has 0 aromatic heterocycles. The first-order valence-corrected chi connectivity index (χ1v) is 7.11. The van der Waals surface area contributed by atoms with Crippen LogP contribution in [-0.2, 0) is 4.79 Å². The second kappa shape index (κ2) is 8.59. The number of rotatable bonds is 7. The van der Waals surface area contributed by atoms with Crippen molar-refractivity contribution in [2.45, 2.75) is 40.0 Å². The van der Waals surface area contributed by atoms with Crippen LogP contribution in [0.15, 0.2) is 23.3 Å². The number of aryl methyl sites for hydroxylation is 1. The van der Waals surface area contributed by atoms with Gasteiger partial charge in [0, 0.05) is 10.7 Å². The summed E-state index contributed by atoms with van der Waals surface area (Å²) < 4.78 is 5.43. The van der Waals surface area contributed by atoms with Crippen molar-refractivity contribution < 1.29 is 9.53 Å². The molecule has 1 aromatic carbocycles. The third-order valence-corrected chi connectivity index (χ3v) is 2.99. The van der Waals surface area contributed by atoms with E-state index in [1.165, 1.54) is 0 Å². The molecule has 0 radical (unpaired) electrons. The zero-order valence-electron chi connectivity index (χ0n) is 12.2. The van der Waals surface area contributed by atoms with E-state index in [-0.39, 0.29) is 12.5 Å². The molecule has 0 spiro atoms. The van der Waals surface area contributed by atoms with Crippen molar-refractivity contribution in [2.24, 2.45) is 5.10 Å². The topological polar surface area (TPSA) is 50.7 Å². The predicted molar refractivity (Wildman–Crippen MR) is 82.5 cm³/mol. The molecule has 0 aliphatic carbocycles. The quantitative estimate of drug-likeness (QED) is 0.616. The van der Waals surface area contributed by atoms with E-state index in [1.807, 2.05) is 13.8 Å². The lowest BCUT2D eigenvalue weighted by atomic mass is 10.2. The van der Waals surface area contributed by atoms with Crippen LogP contribution in [0.1, 0.15) is 38.7 Å². The maximum absolute atomic E-state index is 11.6. The Morgan fingerprint density at radius 2 is 2.20 bits per heavy atom. The van der Waals surface area contributed by atoms with E-state index in [9.17, 15) is 4.79 Å². The van der Waals surface area contributed by atoms with E-state index in [0.717, 1.165) is 30.5 Å². The van der Waals surface area contributed by atoms with Crippen LogP contribution in [0, 0.1) is 6.92 Å². The van der Waals surface area contributed by atoms with Gasteiger partial charge in [-0.3, -0.25) is 4.79 Å². The second-order valence-corrected chi connectivity index (χ2v) is 5.12. The number of hydrogen-bond donors (Lipinski definition) is 1. The van der Waals surface area contributed by atoms with Crippen molar-refractivity contribution in [3.63, 3.8) is 0 Å². The molecule has 0 fully saturated rings. The van der Waals surface area contributed by atoms with Gasteiger partial charge in [-0.2, -0.15) is 5.10 Å². The first kappa shape index (κ1) is 16.5. The maximum Gasteiger partial charge on any atom is 0.277 e. The Hall–Kier alpha value is -1.55. The van der Waals surface area contributed by atoms with E-state index >= 15 is 0 Å².